The van der Waals surface area contributed by atoms with E-state index in [0.29, 0.717) is 48.9 Å². The van der Waals surface area contributed by atoms with Crippen LogP contribution in [0, 0.1) is 0 Å². The molecule has 0 heterocycles. The zero-order valence-electron chi connectivity index (χ0n) is 17.6. The maximum Gasteiger partial charge on any atom is 0.251 e. The van der Waals surface area contributed by atoms with Gasteiger partial charge in [0, 0.05) is 25.1 Å². The summed E-state index contributed by atoms with van der Waals surface area (Å²) in [7, 11) is 3.17. The molecule has 2 aromatic carbocycles. The average Bonchev–Trinajstić information content (AvgIpc) is 2.74. The lowest BCUT2D eigenvalue weighted by atomic mass is 10.0. The van der Waals surface area contributed by atoms with Crippen LogP contribution >= 0.6 is 0 Å². The normalized spacial score (nSPS) is 10.5. The van der Waals surface area contributed by atoms with E-state index >= 15 is 0 Å². The maximum absolute atomic E-state index is 12.1. The maximum atomic E-state index is 12.1. The van der Waals surface area contributed by atoms with Gasteiger partial charge in [-0.2, -0.15) is 0 Å². The molecule has 0 unspecified atom stereocenters. The van der Waals surface area contributed by atoms with Crippen molar-refractivity contribution in [2.24, 2.45) is 0 Å². The third kappa shape index (κ3) is 6.82. The summed E-state index contributed by atoms with van der Waals surface area (Å²) in [5, 5.41) is 5.65. The molecule has 0 aliphatic carbocycles. The first-order valence-corrected chi connectivity index (χ1v) is 9.80. The van der Waals surface area contributed by atoms with Crippen molar-refractivity contribution in [1.82, 2.24) is 10.6 Å². The Morgan fingerprint density at radius 1 is 0.897 bits per heavy atom. The fourth-order valence-corrected chi connectivity index (χ4v) is 2.88. The lowest BCUT2D eigenvalue weighted by Crippen LogP contribution is -2.34. The second-order valence-corrected chi connectivity index (χ2v) is 7.07. The summed E-state index contributed by atoms with van der Waals surface area (Å²) in [6.45, 7) is 5.00. The van der Waals surface area contributed by atoms with Crippen LogP contribution in [0.25, 0.3) is 0 Å². The molecule has 6 nitrogen and oxygen atoms in total. The highest BCUT2D eigenvalue weighted by atomic mass is 16.5. The molecule has 2 rings (SSSR count). The summed E-state index contributed by atoms with van der Waals surface area (Å²) < 4.78 is 10.5. The molecule has 0 bridgehead atoms. The number of amides is 2. The van der Waals surface area contributed by atoms with Gasteiger partial charge in [0.15, 0.2) is 11.5 Å². The first-order chi connectivity index (χ1) is 13.9. The summed E-state index contributed by atoms with van der Waals surface area (Å²) in [5.74, 6) is 1.54. The van der Waals surface area contributed by atoms with Gasteiger partial charge in [-0.05, 0) is 47.7 Å². The number of ether oxygens (including phenoxy) is 2. The predicted octanol–water partition coefficient (Wildman–Crippen LogP) is 3.31. The van der Waals surface area contributed by atoms with Crippen molar-refractivity contribution in [3.05, 3.63) is 59.2 Å². The molecule has 156 valence electrons. The van der Waals surface area contributed by atoms with Crippen molar-refractivity contribution in [3.8, 4) is 11.5 Å². The van der Waals surface area contributed by atoms with Gasteiger partial charge in [0.1, 0.15) is 0 Å². The van der Waals surface area contributed by atoms with Gasteiger partial charge in [-0.25, -0.2) is 0 Å². The molecule has 0 aliphatic rings. The largest absolute Gasteiger partial charge is 0.493 e. The molecule has 6 heteroatoms. The lowest BCUT2D eigenvalue weighted by molar-refractivity contribution is -0.121. The van der Waals surface area contributed by atoms with Crippen molar-refractivity contribution >= 4 is 11.8 Å². The molecule has 2 amide bonds. The Morgan fingerprint density at radius 2 is 1.55 bits per heavy atom. The van der Waals surface area contributed by atoms with Gasteiger partial charge >= 0.3 is 0 Å². The van der Waals surface area contributed by atoms with Gasteiger partial charge < -0.3 is 20.1 Å². The number of nitrogens with one attached hydrogen (secondary N) is 2. The lowest BCUT2D eigenvalue weighted by Gasteiger charge is -2.10. The Morgan fingerprint density at radius 3 is 2.17 bits per heavy atom. The molecule has 0 radical (unpaired) electrons. The number of benzene rings is 2. The van der Waals surface area contributed by atoms with E-state index in [1.807, 2.05) is 42.5 Å². The van der Waals surface area contributed by atoms with Gasteiger partial charge in [0.25, 0.3) is 5.91 Å². The highest BCUT2D eigenvalue weighted by molar-refractivity contribution is 5.94. The van der Waals surface area contributed by atoms with Crippen LogP contribution in [0.3, 0.4) is 0 Å². The van der Waals surface area contributed by atoms with E-state index in [0.717, 1.165) is 5.56 Å². The Labute approximate surface area is 172 Å². The fraction of sp³-hybridized carbons (Fsp3) is 0.391. The van der Waals surface area contributed by atoms with E-state index in [4.69, 9.17) is 9.47 Å². The minimum Gasteiger partial charge on any atom is -0.493 e. The third-order valence-corrected chi connectivity index (χ3v) is 4.66. The van der Waals surface area contributed by atoms with Crippen LogP contribution in [0.4, 0.5) is 0 Å². The fourth-order valence-electron chi connectivity index (χ4n) is 2.88. The van der Waals surface area contributed by atoms with E-state index in [9.17, 15) is 9.59 Å². The topological polar surface area (TPSA) is 76.7 Å². The molecular weight excluding hydrogens is 368 g/mol. The summed E-state index contributed by atoms with van der Waals surface area (Å²) in [5.41, 5.74) is 2.81. The highest BCUT2D eigenvalue weighted by Crippen LogP contribution is 2.27. The number of carbonyl (C=O) groups is 2. The molecule has 0 atom stereocenters. The van der Waals surface area contributed by atoms with Crippen LogP contribution in [0.2, 0.25) is 0 Å². The van der Waals surface area contributed by atoms with E-state index < -0.39 is 0 Å². The van der Waals surface area contributed by atoms with Gasteiger partial charge in [0.2, 0.25) is 5.91 Å². The number of hydrogen-bond donors (Lipinski definition) is 2. The second kappa shape index (κ2) is 11.1. The highest BCUT2D eigenvalue weighted by Gasteiger charge is 2.08. The van der Waals surface area contributed by atoms with Crippen LogP contribution in [-0.4, -0.2) is 39.1 Å². The van der Waals surface area contributed by atoms with E-state index in [1.54, 1.807) is 14.2 Å². The van der Waals surface area contributed by atoms with Crippen LogP contribution in [0.15, 0.2) is 42.5 Å². The molecule has 0 spiro atoms. The van der Waals surface area contributed by atoms with Crippen molar-refractivity contribution in [2.45, 2.75) is 32.6 Å². The minimum atomic E-state index is -0.139. The van der Waals surface area contributed by atoms with Crippen LogP contribution < -0.4 is 20.1 Å². The van der Waals surface area contributed by atoms with E-state index in [-0.39, 0.29) is 11.8 Å². The smallest absolute Gasteiger partial charge is 0.251 e. The first-order valence-electron chi connectivity index (χ1n) is 9.80. The Balaban J connectivity index is 1.70. The van der Waals surface area contributed by atoms with Crippen molar-refractivity contribution in [2.75, 3.05) is 27.3 Å². The van der Waals surface area contributed by atoms with Crippen LogP contribution in [0.5, 0.6) is 11.5 Å². The Kier molecular flexibility index (Phi) is 8.52. The van der Waals surface area contributed by atoms with Gasteiger partial charge in [0.05, 0.1) is 14.2 Å². The molecule has 0 saturated carbocycles. The second-order valence-electron chi connectivity index (χ2n) is 7.07. The zero-order valence-corrected chi connectivity index (χ0v) is 17.6. The first kappa shape index (κ1) is 22.3. The quantitative estimate of drug-likeness (QED) is 0.602. The van der Waals surface area contributed by atoms with Crippen molar-refractivity contribution < 1.29 is 19.1 Å². The van der Waals surface area contributed by atoms with Gasteiger partial charge in [-0.15, -0.1) is 0 Å². The summed E-state index contributed by atoms with van der Waals surface area (Å²) in [6, 6.07) is 13.2. The molecular formula is C23H30N2O4. The average molecular weight is 399 g/mol. The van der Waals surface area contributed by atoms with E-state index in [2.05, 4.69) is 24.5 Å². The predicted molar refractivity (Wildman–Crippen MR) is 114 cm³/mol. The van der Waals surface area contributed by atoms with E-state index in [1.165, 1.54) is 5.56 Å². The number of rotatable bonds is 10. The molecule has 2 aromatic rings. The Bertz CT molecular complexity index is 816. The number of aryl methyl sites for hydroxylation is 1. The van der Waals surface area contributed by atoms with Gasteiger partial charge in [-0.3, -0.25) is 9.59 Å². The molecule has 29 heavy (non-hydrogen) atoms. The number of methoxy groups -OCH3 is 2. The SMILES string of the molecule is COc1ccc(CCC(=O)NCCNC(=O)c2ccc(C(C)C)cc2)cc1OC. The summed E-state index contributed by atoms with van der Waals surface area (Å²) in [4.78, 5) is 24.2. The van der Waals surface area contributed by atoms with Crippen molar-refractivity contribution in [3.63, 3.8) is 0 Å². The van der Waals surface area contributed by atoms with Crippen molar-refractivity contribution in [1.29, 1.82) is 0 Å². The summed E-state index contributed by atoms with van der Waals surface area (Å²) in [6.07, 6.45) is 0.959. The molecule has 2 N–H and O–H groups in total. The van der Waals surface area contributed by atoms with Crippen LogP contribution in [-0.2, 0) is 11.2 Å². The van der Waals surface area contributed by atoms with Gasteiger partial charge in [-0.1, -0.05) is 32.0 Å². The third-order valence-electron chi connectivity index (χ3n) is 4.66. The van der Waals surface area contributed by atoms with Crippen LogP contribution in [0.1, 0.15) is 47.7 Å². The Hall–Kier alpha value is -3.02. The molecule has 0 aromatic heterocycles. The number of carbonyl (C=O) groups excluding carboxylic acids is 2. The zero-order chi connectivity index (χ0) is 21.2. The standard InChI is InChI=1S/C23H30N2O4/c1-16(2)18-7-9-19(10-8-18)23(27)25-14-13-24-22(26)12-6-17-5-11-20(28-3)21(15-17)29-4/h5,7-11,15-16H,6,12-14H2,1-4H3,(H,24,26)(H,25,27). The molecule has 0 saturated heterocycles. The minimum absolute atomic E-state index is 0.0599. The summed E-state index contributed by atoms with van der Waals surface area (Å²) >= 11 is 0. The molecule has 0 fully saturated rings. The number of hydrogen-bond acceptors (Lipinski definition) is 4. The monoisotopic (exact) mass is 398 g/mol. The molecule has 0 aliphatic heterocycles.